The fraction of sp³-hybridized carbons (Fsp3) is 0.120. The minimum Gasteiger partial charge on any atom is -0.459 e. The van der Waals surface area contributed by atoms with Crippen molar-refractivity contribution in [3.8, 4) is 11.3 Å². The minimum absolute atomic E-state index is 0.164. The molecule has 3 heterocycles. The number of aromatic nitrogens is 1. The molecular weight excluding hydrogens is 489 g/mol. The van der Waals surface area contributed by atoms with Gasteiger partial charge in [0.2, 0.25) is 0 Å². The summed E-state index contributed by atoms with van der Waals surface area (Å²) >= 11 is 9.16. The van der Waals surface area contributed by atoms with Crippen molar-refractivity contribution in [1.82, 2.24) is 15.2 Å². The van der Waals surface area contributed by atoms with Gasteiger partial charge in [-0.15, -0.1) is 0 Å². The molecule has 4 nitrogen and oxygen atoms in total. The van der Waals surface area contributed by atoms with E-state index in [1.807, 2.05) is 48.5 Å². The molecule has 1 saturated heterocycles. The first-order valence-corrected chi connectivity index (χ1v) is 11.4. The monoisotopic (exact) mass is 507 g/mol. The first-order valence-electron chi connectivity index (χ1n) is 10.2. The van der Waals surface area contributed by atoms with Gasteiger partial charge in [-0.3, -0.25) is 4.98 Å². The fourth-order valence-electron chi connectivity index (χ4n) is 4.01. The zero-order chi connectivity index (χ0) is 22.1. The topological polar surface area (TPSA) is 41.3 Å². The molecule has 0 spiro atoms. The van der Waals surface area contributed by atoms with Gasteiger partial charge in [-0.2, -0.15) is 0 Å². The third-order valence-electron chi connectivity index (χ3n) is 5.51. The van der Waals surface area contributed by atoms with Crippen LogP contribution in [0.1, 0.15) is 29.1 Å². The normalized spacial score (nSPS) is 18.1. The van der Waals surface area contributed by atoms with Gasteiger partial charge in [0.1, 0.15) is 23.4 Å². The number of furan rings is 1. The molecule has 32 heavy (non-hydrogen) atoms. The van der Waals surface area contributed by atoms with Crippen LogP contribution in [0.5, 0.6) is 0 Å². The number of thiocarbonyl (C=S) groups is 1. The summed E-state index contributed by atoms with van der Waals surface area (Å²) in [4.78, 5) is 6.69. The summed E-state index contributed by atoms with van der Waals surface area (Å²) in [6, 6.07) is 24.1. The van der Waals surface area contributed by atoms with Gasteiger partial charge in [-0.25, -0.2) is 4.39 Å². The van der Waals surface area contributed by atoms with Crippen LogP contribution in [0.3, 0.4) is 0 Å². The van der Waals surface area contributed by atoms with E-state index in [9.17, 15) is 4.39 Å². The molecule has 2 atom stereocenters. The highest BCUT2D eigenvalue weighted by molar-refractivity contribution is 9.10. The van der Waals surface area contributed by atoms with Crippen molar-refractivity contribution < 1.29 is 8.81 Å². The van der Waals surface area contributed by atoms with Crippen LogP contribution in [-0.4, -0.2) is 15.0 Å². The van der Waals surface area contributed by atoms with Gasteiger partial charge in [0.05, 0.1) is 11.7 Å². The molecule has 2 aromatic heterocycles. The van der Waals surface area contributed by atoms with Gasteiger partial charge in [0.15, 0.2) is 5.11 Å². The second-order valence-corrected chi connectivity index (χ2v) is 8.81. The average molecular weight is 508 g/mol. The van der Waals surface area contributed by atoms with E-state index in [1.165, 1.54) is 12.1 Å². The highest BCUT2D eigenvalue weighted by Gasteiger charge is 2.41. The summed E-state index contributed by atoms with van der Waals surface area (Å²) < 4.78 is 20.5. The molecule has 5 rings (SSSR count). The fourth-order valence-corrected chi connectivity index (χ4v) is 4.86. The summed E-state index contributed by atoms with van der Waals surface area (Å²) in [6.07, 6.45) is 1.78. The predicted octanol–water partition coefficient (Wildman–Crippen LogP) is 6.42. The Labute approximate surface area is 199 Å². The average Bonchev–Trinajstić information content (AvgIpc) is 3.40. The second kappa shape index (κ2) is 8.84. The number of nitrogens with one attached hydrogen (secondary N) is 1. The standard InChI is InChI=1S/C25H19BrFN3OS/c26-19-14-17(27)9-10-18(19)21-11-12-22(31-21)24-23(20-8-4-5-13-28-20)29-25(32)30(24)15-16-6-2-1-3-7-16/h1-14,23-24H,15H2,(H,29,32)/t23-,24-/m0/s1. The van der Waals surface area contributed by atoms with Gasteiger partial charge in [0, 0.05) is 22.8 Å². The number of pyridine rings is 1. The summed E-state index contributed by atoms with van der Waals surface area (Å²) in [5.74, 6) is 1.11. The molecule has 0 amide bonds. The number of hydrogen-bond donors (Lipinski definition) is 1. The molecule has 1 fully saturated rings. The Morgan fingerprint density at radius 1 is 1.03 bits per heavy atom. The van der Waals surface area contributed by atoms with Gasteiger partial charge in [-0.1, -0.05) is 36.4 Å². The molecule has 0 radical (unpaired) electrons. The van der Waals surface area contributed by atoms with Crippen molar-refractivity contribution in [2.75, 3.05) is 0 Å². The summed E-state index contributed by atoms with van der Waals surface area (Å²) in [6.45, 7) is 0.636. The Morgan fingerprint density at radius 2 is 1.84 bits per heavy atom. The smallest absolute Gasteiger partial charge is 0.170 e. The quantitative estimate of drug-likeness (QED) is 0.316. The van der Waals surface area contributed by atoms with E-state index in [2.05, 4.69) is 43.3 Å². The molecule has 160 valence electrons. The van der Waals surface area contributed by atoms with Crippen molar-refractivity contribution in [3.05, 3.63) is 112 Å². The lowest BCUT2D eigenvalue weighted by atomic mass is 10.0. The van der Waals surface area contributed by atoms with Crippen LogP contribution in [0, 0.1) is 5.82 Å². The first-order chi connectivity index (χ1) is 15.6. The van der Waals surface area contributed by atoms with E-state index in [4.69, 9.17) is 16.6 Å². The second-order valence-electron chi connectivity index (χ2n) is 7.57. The zero-order valence-corrected chi connectivity index (χ0v) is 19.3. The highest BCUT2D eigenvalue weighted by Crippen LogP contribution is 2.42. The Kier molecular flexibility index (Phi) is 5.76. The lowest BCUT2D eigenvalue weighted by Crippen LogP contribution is -2.29. The Hall–Kier alpha value is -3.03. The number of halogens is 2. The molecule has 1 aliphatic rings. The molecule has 4 aromatic rings. The van der Waals surface area contributed by atoms with E-state index in [1.54, 1.807) is 12.3 Å². The molecule has 1 N–H and O–H groups in total. The lowest BCUT2D eigenvalue weighted by molar-refractivity contribution is 0.269. The maximum absolute atomic E-state index is 13.6. The first kappa shape index (κ1) is 20.8. The van der Waals surface area contributed by atoms with E-state index in [-0.39, 0.29) is 17.9 Å². The van der Waals surface area contributed by atoms with Crippen LogP contribution in [0.25, 0.3) is 11.3 Å². The minimum atomic E-state index is -0.304. The zero-order valence-electron chi connectivity index (χ0n) is 16.9. The Morgan fingerprint density at radius 3 is 2.59 bits per heavy atom. The predicted molar refractivity (Wildman–Crippen MR) is 129 cm³/mol. The molecule has 0 unspecified atom stereocenters. The van der Waals surface area contributed by atoms with Gasteiger partial charge < -0.3 is 14.6 Å². The van der Waals surface area contributed by atoms with E-state index in [0.717, 1.165) is 22.6 Å². The van der Waals surface area contributed by atoms with Crippen molar-refractivity contribution in [2.24, 2.45) is 0 Å². The molecule has 1 aliphatic heterocycles. The maximum Gasteiger partial charge on any atom is 0.170 e. The van der Waals surface area contributed by atoms with E-state index < -0.39 is 0 Å². The highest BCUT2D eigenvalue weighted by atomic mass is 79.9. The molecule has 2 aromatic carbocycles. The summed E-state index contributed by atoms with van der Waals surface area (Å²) in [5, 5.41) is 4.08. The van der Waals surface area contributed by atoms with Gasteiger partial charge in [-0.05, 0) is 76.2 Å². The van der Waals surface area contributed by atoms with Crippen LogP contribution < -0.4 is 5.32 Å². The number of rotatable bonds is 5. The molecule has 7 heteroatoms. The van der Waals surface area contributed by atoms with Crippen molar-refractivity contribution in [2.45, 2.75) is 18.6 Å². The van der Waals surface area contributed by atoms with Crippen LogP contribution in [0.4, 0.5) is 4.39 Å². The number of nitrogens with zero attached hydrogens (tertiary/aromatic N) is 2. The van der Waals surface area contributed by atoms with Crippen LogP contribution >= 0.6 is 28.1 Å². The van der Waals surface area contributed by atoms with Gasteiger partial charge >= 0.3 is 0 Å². The molecular formula is C25H19BrFN3OS. The van der Waals surface area contributed by atoms with Crippen molar-refractivity contribution in [3.63, 3.8) is 0 Å². The van der Waals surface area contributed by atoms with Crippen molar-refractivity contribution in [1.29, 1.82) is 0 Å². The lowest BCUT2D eigenvalue weighted by Gasteiger charge is -2.26. The van der Waals surface area contributed by atoms with Crippen molar-refractivity contribution >= 4 is 33.3 Å². The maximum atomic E-state index is 13.6. The summed E-state index contributed by atoms with van der Waals surface area (Å²) in [5.41, 5.74) is 2.82. The molecule has 0 bridgehead atoms. The third-order valence-corrected chi connectivity index (χ3v) is 6.52. The Balaban J connectivity index is 1.55. The molecule has 0 aliphatic carbocycles. The van der Waals surface area contributed by atoms with Gasteiger partial charge in [0.25, 0.3) is 0 Å². The SMILES string of the molecule is Fc1ccc(-c2ccc([C@H]3[C@H](c4ccccn4)NC(=S)N3Cc3ccccc3)o2)c(Br)c1. The van der Waals surface area contributed by atoms with Crippen LogP contribution in [0.15, 0.2) is 93.9 Å². The van der Waals surface area contributed by atoms with E-state index >= 15 is 0 Å². The van der Waals surface area contributed by atoms with Crippen LogP contribution in [-0.2, 0) is 6.54 Å². The number of hydrogen-bond acceptors (Lipinski definition) is 3. The summed E-state index contributed by atoms with van der Waals surface area (Å²) in [7, 11) is 0. The van der Waals surface area contributed by atoms with E-state index in [0.29, 0.717) is 21.9 Å². The Bertz CT molecular complexity index is 1250. The largest absolute Gasteiger partial charge is 0.459 e. The van der Waals surface area contributed by atoms with Crippen LogP contribution in [0.2, 0.25) is 0 Å². The number of benzene rings is 2. The third kappa shape index (κ3) is 4.06. The molecule has 0 saturated carbocycles.